The number of amides is 1. The van der Waals surface area contributed by atoms with Gasteiger partial charge in [0, 0.05) is 62.6 Å². The van der Waals surface area contributed by atoms with Crippen LogP contribution in [0.15, 0.2) is 36.4 Å². The molecule has 0 saturated carbocycles. The van der Waals surface area contributed by atoms with Gasteiger partial charge in [-0.05, 0) is 25.4 Å². The molecule has 4 heterocycles. The van der Waals surface area contributed by atoms with E-state index >= 15 is 0 Å². The summed E-state index contributed by atoms with van der Waals surface area (Å²) in [5.74, 6) is 2.50. The van der Waals surface area contributed by atoms with E-state index in [1.165, 1.54) is 0 Å². The Balaban J connectivity index is 1.29. The number of rotatable bonds is 4. The zero-order chi connectivity index (χ0) is 24.8. The monoisotopic (exact) mass is 431 g/mol. The second-order valence-corrected chi connectivity index (χ2v) is 8.95. The van der Waals surface area contributed by atoms with E-state index in [4.69, 9.17) is 6.85 Å². The average molecular weight is 432 g/mol. The van der Waals surface area contributed by atoms with E-state index in [1.807, 2.05) is 4.90 Å². The lowest BCUT2D eigenvalue weighted by Crippen LogP contribution is -2.51. The summed E-state index contributed by atoms with van der Waals surface area (Å²) in [6.07, 6.45) is 0.466. The fourth-order valence-corrected chi connectivity index (χ4v) is 5.36. The van der Waals surface area contributed by atoms with Crippen molar-refractivity contribution in [2.24, 2.45) is 0 Å². The van der Waals surface area contributed by atoms with Gasteiger partial charge < -0.3 is 15.1 Å². The third kappa shape index (κ3) is 3.96. The Kier molecular flexibility index (Phi) is 4.27. The smallest absolute Gasteiger partial charge is 0.240 e. The second-order valence-electron chi connectivity index (χ2n) is 7.87. The van der Waals surface area contributed by atoms with Gasteiger partial charge in [0.25, 0.3) is 0 Å². The first-order chi connectivity index (χ1) is 16.6. The highest BCUT2D eigenvalue weighted by Gasteiger charge is 2.36. The molecule has 1 aromatic carbocycles. The Morgan fingerprint density at radius 2 is 2.13 bits per heavy atom. The molecule has 0 aliphatic carbocycles. The largest absolute Gasteiger partial charge is 0.354 e. The number of aromatic nitrogens is 2. The van der Waals surface area contributed by atoms with Gasteiger partial charge in [0.2, 0.25) is 5.91 Å². The van der Waals surface area contributed by atoms with Crippen LogP contribution >= 0.6 is 11.8 Å². The Labute approximate surface area is 189 Å². The molecule has 1 N–H and O–H groups in total. The zero-order valence-electron chi connectivity index (χ0n) is 21.9. The average Bonchev–Trinajstić information content (AvgIpc) is 3.59. The van der Waals surface area contributed by atoms with Crippen LogP contribution in [0.4, 0.5) is 5.82 Å². The fraction of sp³-hybridized carbons (Fsp3) is 0.545. The van der Waals surface area contributed by atoms with Gasteiger partial charge in [-0.2, -0.15) is 5.10 Å². The molecule has 2 atom stereocenters. The Hall–Kier alpha value is -2.03. The number of nitrogens with zero attached hydrogens (tertiary/aromatic N) is 5. The number of piperazine rings is 1. The minimum atomic E-state index is -2.33. The van der Waals surface area contributed by atoms with Crippen LogP contribution in [-0.4, -0.2) is 88.4 Å². The van der Waals surface area contributed by atoms with Crippen molar-refractivity contribution in [2.45, 2.75) is 25.3 Å². The highest BCUT2D eigenvalue weighted by Crippen LogP contribution is 2.25. The van der Waals surface area contributed by atoms with Crippen LogP contribution in [0.5, 0.6) is 0 Å². The maximum atomic E-state index is 12.8. The van der Waals surface area contributed by atoms with E-state index in [2.05, 4.69) is 20.2 Å². The first-order valence-corrected chi connectivity index (χ1v) is 11.6. The number of benzene rings is 1. The number of hydrogen-bond acceptors (Lipinski definition) is 6. The number of nitrogens with one attached hydrogen (secondary N) is 1. The molecule has 1 amide bonds. The standard InChI is InChI=1S/C22H30N6OS/c1-17-13-21(28(24-17)18-5-3-2-4-6-18)26-9-7-25(8-10-26)19-14-20(23-15-19)22(29)27-11-12-30-16-27/h2-6,13,19-20,23H,7-12,14-16H2,1H3/i1D3,2D,19D. The topological polar surface area (TPSA) is 56.6 Å². The predicted molar refractivity (Wildman–Crippen MR) is 121 cm³/mol. The Morgan fingerprint density at radius 1 is 1.30 bits per heavy atom. The molecule has 30 heavy (non-hydrogen) atoms. The van der Waals surface area contributed by atoms with E-state index in [0.29, 0.717) is 56.7 Å². The fourth-order valence-electron chi connectivity index (χ4n) is 4.40. The van der Waals surface area contributed by atoms with Crippen LogP contribution in [0.25, 0.3) is 5.69 Å². The number of carbonyl (C=O) groups is 1. The maximum Gasteiger partial charge on any atom is 0.240 e. The number of aryl methyl sites for hydroxylation is 1. The third-order valence-corrected chi connectivity index (χ3v) is 7.01. The van der Waals surface area contributed by atoms with Gasteiger partial charge in [-0.1, -0.05) is 18.2 Å². The first kappa shape index (κ1) is 14.9. The molecule has 3 saturated heterocycles. The lowest BCUT2D eigenvalue weighted by Gasteiger charge is -2.38. The van der Waals surface area contributed by atoms with Gasteiger partial charge in [0.05, 0.1) is 24.7 Å². The van der Waals surface area contributed by atoms with Crippen molar-refractivity contribution >= 4 is 23.5 Å². The number of anilines is 1. The van der Waals surface area contributed by atoms with E-state index in [1.54, 1.807) is 46.8 Å². The highest BCUT2D eigenvalue weighted by atomic mass is 32.2. The van der Waals surface area contributed by atoms with Gasteiger partial charge in [-0.15, -0.1) is 11.8 Å². The molecule has 160 valence electrons. The summed E-state index contributed by atoms with van der Waals surface area (Å²) < 4.78 is 41.9. The molecular formula is C22H30N6OS. The van der Waals surface area contributed by atoms with Crippen molar-refractivity contribution in [3.8, 4) is 5.69 Å². The molecule has 7 nitrogen and oxygen atoms in total. The minimum Gasteiger partial charge on any atom is -0.354 e. The Bertz CT molecular complexity index is 1070. The van der Waals surface area contributed by atoms with Crippen LogP contribution in [0.2, 0.25) is 0 Å². The number of carbonyl (C=O) groups excluding carboxylic acids is 1. The third-order valence-electron chi connectivity index (χ3n) is 6.04. The summed E-state index contributed by atoms with van der Waals surface area (Å²) in [5.41, 5.74) is 0.732. The SMILES string of the molecule is [2H]c1ccc(-n2nc(C([2H])([2H])[2H])cc2N2CCN(C3([2H])CNC(C(=O)N4CCSC4)C3)CC2)cc1. The molecular weight excluding hydrogens is 396 g/mol. The van der Waals surface area contributed by atoms with Crippen molar-refractivity contribution < 1.29 is 11.6 Å². The Morgan fingerprint density at radius 3 is 2.87 bits per heavy atom. The van der Waals surface area contributed by atoms with Crippen LogP contribution < -0.4 is 10.2 Å². The lowest BCUT2D eigenvalue weighted by molar-refractivity contribution is -0.131. The minimum absolute atomic E-state index is 0.0308. The van der Waals surface area contributed by atoms with Crippen LogP contribution in [0.3, 0.4) is 0 Å². The molecule has 8 heteroatoms. The summed E-state index contributed by atoms with van der Waals surface area (Å²) in [6.45, 7) is 1.40. The molecule has 0 spiro atoms. The molecule has 3 fully saturated rings. The van der Waals surface area contributed by atoms with E-state index in [0.717, 1.165) is 18.2 Å². The van der Waals surface area contributed by atoms with Crippen LogP contribution in [0, 0.1) is 6.85 Å². The van der Waals surface area contributed by atoms with Crippen LogP contribution in [-0.2, 0) is 4.79 Å². The van der Waals surface area contributed by atoms with Gasteiger partial charge in [0.1, 0.15) is 5.82 Å². The highest BCUT2D eigenvalue weighted by molar-refractivity contribution is 7.99. The lowest BCUT2D eigenvalue weighted by atomic mass is 10.1. The maximum absolute atomic E-state index is 12.8. The summed E-state index contributed by atoms with van der Waals surface area (Å²) >= 11 is 1.76. The molecule has 0 bridgehead atoms. The molecule has 1 aromatic heterocycles. The normalized spacial score (nSPS) is 30.5. The van der Waals surface area contributed by atoms with Gasteiger partial charge in [0.15, 0.2) is 0 Å². The summed E-state index contributed by atoms with van der Waals surface area (Å²) in [6, 6.07) is 7.67. The van der Waals surface area contributed by atoms with Gasteiger partial charge in [-0.3, -0.25) is 9.69 Å². The van der Waals surface area contributed by atoms with Crippen molar-refractivity contribution in [3.05, 3.63) is 42.1 Å². The zero-order valence-corrected chi connectivity index (χ0v) is 17.7. The molecule has 2 aromatic rings. The summed E-state index contributed by atoms with van der Waals surface area (Å²) in [7, 11) is 0. The molecule has 2 unspecified atom stereocenters. The van der Waals surface area contributed by atoms with Crippen molar-refractivity contribution in [1.29, 1.82) is 0 Å². The van der Waals surface area contributed by atoms with E-state index < -0.39 is 12.9 Å². The summed E-state index contributed by atoms with van der Waals surface area (Å²) in [5, 5.41) is 7.66. The second kappa shape index (κ2) is 8.61. The quantitative estimate of drug-likeness (QED) is 0.793. The predicted octanol–water partition coefficient (Wildman–Crippen LogP) is 1.57. The van der Waals surface area contributed by atoms with Crippen molar-refractivity contribution in [3.63, 3.8) is 0 Å². The molecule has 0 radical (unpaired) electrons. The van der Waals surface area contributed by atoms with Crippen molar-refractivity contribution in [1.82, 2.24) is 24.9 Å². The van der Waals surface area contributed by atoms with Gasteiger partial charge in [-0.25, -0.2) is 4.68 Å². The summed E-state index contributed by atoms with van der Waals surface area (Å²) in [4.78, 5) is 18.9. The number of para-hydroxylation sites is 1. The molecule has 5 rings (SSSR count). The van der Waals surface area contributed by atoms with Crippen molar-refractivity contribution in [2.75, 3.05) is 55.8 Å². The molecule has 3 aliphatic rings. The van der Waals surface area contributed by atoms with Gasteiger partial charge >= 0.3 is 0 Å². The van der Waals surface area contributed by atoms with Crippen LogP contribution in [0.1, 0.15) is 19.0 Å². The molecule has 3 aliphatic heterocycles. The van der Waals surface area contributed by atoms with E-state index in [9.17, 15) is 4.79 Å². The number of thioether (sulfide) groups is 1. The van der Waals surface area contributed by atoms with E-state index in [-0.39, 0.29) is 17.6 Å². The number of hydrogen-bond donors (Lipinski definition) is 1. The first-order valence-electron chi connectivity index (χ1n) is 12.9.